The Kier molecular flexibility index (Phi) is 6.45. The van der Waals surface area contributed by atoms with E-state index in [0.717, 1.165) is 25.9 Å². The lowest BCUT2D eigenvalue weighted by Crippen LogP contribution is -2.56. The number of rotatable bonds is 7. The van der Waals surface area contributed by atoms with Crippen molar-refractivity contribution in [3.05, 3.63) is 48.0 Å². The number of fused-ring (bicyclic) bond motifs is 1. The molecule has 1 aliphatic rings. The number of benzene rings is 2. The molecule has 1 heterocycles. The molecule has 1 atom stereocenters. The van der Waals surface area contributed by atoms with E-state index in [-0.39, 0.29) is 18.2 Å². The standard InChI is InChI=1S/C22H29N3O2/c1-3-4-12-24(2)21(26)15-20-22(27)23-11-13-25(20)16-17-9-10-18-7-5-6-8-19(18)14-17/h5-10,14,20H,3-4,11-13,15-16H2,1-2H3,(H,23,27)/t20-/m0/s1. The van der Waals surface area contributed by atoms with Crippen LogP contribution in [0.4, 0.5) is 0 Å². The Hall–Kier alpha value is -2.40. The van der Waals surface area contributed by atoms with Gasteiger partial charge in [-0.25, -0.2) is 0 Å². The number of nitrogens with zero attached hydrogens (tertiary/aromatic N) is 2. The number of hydrogen-bond donors (Lipinski definition) is 1. The molecule has 0 saturated carbocycles. The molecule has 2 aromatic rings. The Labute approximate surface area is 161 Å². The van der Waals surface area contributed by atoms with Gasteiger partial charge in [-0.3, -0.25) is 14.5 Å². The van der Waals surface area contributed by atoms with Crippen molar-refractivity contribution >= 4 is 22.6 Å². The lowest BCUT2D eigenvalue weighted by molar-refractivity contribution is -0.138. The lowest BCUT2D eigenvalue weighted by Gasteiger charge is -2.35. The minimum atomic E-state index is -0.401. The van der Waals surface area contributed by atoms with Gasteiger partial charge in [-0.2, -0.15) is 0 Å². The van der Waals surface area contributed by atoms with Gasteiger partial charge in [-0.1, -0.05) is 49.7 Å². The van der Waals surface area contributed by atoms with Crippen LogP contribution in [0.25, 0.3) is 10.8 Å². The average Bonchev–Trinajstić information content (AvgIpc) is 2.68. The molecule has 144 valence electrons. The van der Waals surface area contributed by atoms with Crippen molar-refractivity contribution in [1.29, 1.82) is 0 Å². The first-order chi connectivity index (χ1) is 13.1. The van der Waals surface area contributed by atoms with Crippen molar-refractivity contribution in [3.63, 3.8) is 0 Å². The average molecular weight is 367 g/mol. The van der Waals surface area contributed by atoms with Gasteiger partial charge in [-0.15, -0.1) is 0 Å². The van der Waals surface area contributed by atoms with Crippen LogP contribution in [0.1, 0.15) is 31.7 Å². The summed E-state index contributed by atoms with van der Waals surface area (Å²) >= 11 is 0. The minimum absolute atomic E-state index is 0.0361. The summed E-state index contributed by atoms with van der Waals surface area (Å²) in [7, 11) is 1.83. The molecule has 0 radical (unpaired) electrons. The Morgan fingerprint density at radius 3 is 2.78 bits per heavy atom. The number of unbranched alkanes of at least 4 members (excludes halogenated alkanes) is 1. The first-order valence-electron chi connectivity index (χ1n) is 9.82. The molecule has 0 bridgehead atoms. The summed E-state index contributed by atoms with van der Waals surface area (Å²) in [6.45, 7) is 4.92. The van der Waals surface area contributed by atoms with Gasteiger partial charge in [0.05, 0.1) is 12.5 Å². The predicted molar refractivity (Wildman–Crippen MR) is 108 cm³/mol. The third-order valence-corrected chi connectivity index (χ3v) is 5.28. The van der Waals surface area contributed by atoms with Crippen molar-refractivity contribution in [2.24, 2.45) is 0 Å². The summed E-state index contributed by atoms with van der Waals surface area (Å²) < 4.78 is 0. The number of nitrogens with one attached hydrogen (secondary N) is 1. The maximum Gasteiger partial charge on any atom is 0.237 e. The van der Waals surface area contributed by atoms with Crippen LogP contribution >= 0.6 is 0 Å². The van der Waals surface area contributed by atoms with Crippen LogP contribution in [0.15, 0.2) is 42.5 Å². The van der Waals surface area contributed by atoms with Crippen molar-refractivity contribution in [3.8, 4) is 0 Å². The lowest BCUT2D eigenvalue weighted by atomic mass is 10.0. The highest BCUT2D eigenvalue weighted by Gasteiger charge is 2.32. The molecule has 3 rings (SSSR count). The van der Waals surface area contributed by atoms with Crippen LogP contribution < -0.4 is 5.32 Å². The number of hydrogen-bond acceptors (Lipinski definition) is 3. The summed E-state index contributed by atoms with van der Waals surface area (Å²) in [5.41, 5.74) is 1.17. The Morgan fingerprint density at radius 2 is 2.00 bits per heavy atom. The van der Waals surface area contributed by atoms with E-state index in [4.69, 9.17) is 0 Å². The van der Waals surface area contributed by atoms with Crippen LogP contribution in [0.5, 0.6) is 0 Å². The molecule has 2 aromatic carbocycles. The van der Waals surface area contributed by atoms with Gasteiger partial charge in [-0.05, 0) is 28.8 Å². The fourth-order valence-electron chi connectivity index (χ4n) is 3.59. The van der Waals surface area contributed by atoms with E-state index < -0.39 is 6.04 Å². The SMILES string of the molecule is CCCCN(C)C(=O)C[C@H]1C(=O)NCCN1Cc1ccc2ccccc2c1. The number of amides is 2. The third-order valence-electron chi connectivity index (χ3n) is 5.28. The maximum atomic E-state index is 12.6. The van der Waals surface area contributed by atoms with E-state index in [2.05, 4.69) is 47.5 Å². The summed E-state index contributed by atoms with van der Waals surface area (Å²) in [5, 5.41) is 5.32. The van der Waals surface area contributed by atoms with Crippen molar-refractivity contribution in [1.82, 2.24) is 15.1 Å². The Bertz CT molecular complexity index is 805. The Morgan fingerprint density at radius 1 is 1.22 bits per heavy atom. The van der Waals surface area contributed by atoms with E-state index in [9.17, 15) is 9.59 Å². The smallest absolute Gasteiger partial charge is 0.237 e. The van der Waals surface area contributed by atoms with Crippen LogP contribution in [-0.4, -0.2) is 54.3 Å². The first kappa shape index (κ1) is 19.4. The van der Waals surface area contributed by atoms with Gasteiger partial charge < -0.3 is 10.2 Å². The summed E-state index contributed by atoms with van der Waals surface area (Å²) in [6, 6.07) is 14.3. The van der Waals surface area contributed by atoms with E-state index in [1.54, 1.807) is 4.90 Å². The molecule has 1 saturated heterocycles. The molecular formula is C22H29N3O2. The molecule has 0 aliphatic carbocycles. The third kappa shape index (κ3) is 4.86. The largest absolute Gasteiger partial charge is 0.353 e. The Balaban J connectivity index is 1.71. The predicted octanol–water partition coefficient (Wildman–Crippen LogP) is 2.79. The zero-order valence-corrected chi connectivity index (χ0v) is 16.3. The highest BCUT2D eigenvalue weighted by Crippen LogP contribution is 2.19. The van der Waals surface area contributed by atoms with Gasteiger partial charge >= 0.3 is 0 Å². The highest BCUT2D eigenvalue weighted by molar-refractivity contribution is 5.89. The van der Waals surface area contributed by atoms with Crippen LogP contribution in [0, 0.1) is 0 Å². The topological polar surface area (TPSA) is 52.7 Å². The van der Waals surface area contributed by atoms with Gasteiger partial charge in [0.25, 0.3) is 0 Å². The van der Waals surface area contributed by atoms with Gasteiger partial charge in [0.15, 0.2) is 0 Å². The second-order valence-electron chi connectivity index (χ2n) is 7.33. The van der Waals surface area contributed by atoms with E-state index in [1.165, 1.54) is 16.3 Å². The second kappa shape index (κ2) is 9.00. The van der Waals surface area contributed by atoms with Gasteiger partial charge in [0.1, 0.15) is 0 Å². The van der Waals surface area contributed by atoms with Crippen LogP contribution in [-0.2, 0) is 16.1 Å². The molecule has 0 spiro atoms. The van der Waals surface area contributed by atoms with Crippen LogP contribution in [0.2, 0.25) is 0 Å². The molecule has 2 amide bonds. The quantitative estimate of drug-likeness (QED) is 0.819. The summed E-state index contributed by atoms with van der Waals surface area (Å²) in [5.74, 6) is -0.00621. The minimum Gasteiger partial charge on any atom is -0.353 e. The van der Waals surface area contributed by atoms with Crippen molar-refractivity contribution in [2.45, 2.75) is 38.8 Å². The molecule has 1 aliphatic heterocycles. The fraction of sp³-hybridized carbons (Fsp3) is 0.455. The molecule has 1 N–H and O–H groups in total. The van der Waals surface area contributed by atoms with Gasteiger partial charge in [0, 0.05) is 33.2 Å². The number of carbonyl (C=O) groups excluding carboxylic acids is 2. The summed E-state index contributed by atoms with van der Waals surface area (Å²) in [6.07, 6.45) is 2.27. The highest BCUT2D eigenvalue weighted by atomic mass is 16.2. The molecule has 27 heavy (non-hydrogen) atoms. The van der Waals surface area contributed by atoms with Crippen LogP contribution in [0.3, 0.4) is 0 Å². The molecule has 0 unspecified atom stereocenters. The normalized spacial score (nSPS) is 17.7. The first-order valence-corrected chi connectivity index (χ1v) is 9.82. The number of piperazine rings is 1. The van der Waals surface area contributed by atoms with Crippen molar-refractivity contribution < 1.29 is 9.59 Å². The monoisotopic (exact) mass is 367 g/mol. The maximum absolute atomic E-state index is 12.6. The molecule has 5 nitrogen and oxygen atoms in total. The number of carbonyl (C=O) groups is 2. The zero-order chi connectivity index (χ0) is 19.2. The molecule has 0 aromatic heterocycles. The molecule has 1 fully saturated rings. The fourth-order valence-corrected chi connectivity index (χ4v) is 3.59. The van der Waals surface area contributed by atoms with E-state index >= 15 is 0 Å². The van der Waals surface area contributed by atoms with Gasteiger partial charge in [0.2, 0.25) is 11.8 Å². The molecule has 5 heteroatoms. The van der Waals surface area contributed by atoms with E-state index in [1.807, 2.05) is 19.2 Å². The van der Waals surface area contributed by atoms with E-state index in [0.29, 0.717) is 13.1 Å². The zero-order valence-electron chi connectivity index (χ0n) is 16.3. The second-order valence-corrected chi connectivity index (χ2v) is 7.33. The van der Waals surface area contributed by atoms with Crippen molar-refractivity contribution in [2.75, 3.05) is 26.7 Å². The summed E-state index contributed by atoms with van der Waals surface area (Å²) in [4.78, 5) is 28.9. The molecular weight excluding hydrogens is 338 g/mol.